The Bertz CT molecular complexity index is 277. The molecule has 0 spiro atoms. The van der Waals surface area contributed by atoms with E-state index in [0.717, 1.165) is 44.9 Å². The normalized spacial score (nSPS) is 12.7. The predicted molar refractivity (Wildman–Crippen MR) is 91.7 cm³/mol. The summed E-state index contributed by atoms with van der Waals surface area (Å²) in [6.07, 6.45) is 16.4. The van der Waals surface area contributed by atoms with E-state index in [9.17, 15) is 9.18 Å². The van der Waals surface area contributed by atoms with Crippen molar-refractivity contribution in [1.29, 1.82) is 0 Å². The molecule has 1 atom stereocenters. The third-order valence-electron chi connectivity index (χ3n) is 3.91. The Kier molecular flexibility index (Phi) is 15.9. The number of esters is 1. The molecular weight excluding hydrogens is 279 g/mol. The van der Waals surface area contributed by atoms with Crippen LogP contribution in [0.4, 0.5) is 4.39 Å². The Morgan fingerprint density at radius 3 is 2.41 bits per heavy atom. The molecule has 0 aromatic rings. The summed E-state index contributed by atoms with van der Waals surface area (Å²) in [5, 5.41) is 0. The second-order valence-electron chi connectivity index (χ2n) is 6.04. The van der Waals surface area contributed by atoms with E-state index >= 15 is 0 Å². The first-order valence-corrected chi connectivity index (χ1v) is 9.06. The van der Waals surface area contributed by atoms with Gasteiger partial charge >= 0.3 is 5.97 Å². The van der Waals surface area contributed by atoms with Gasteiger partial charge in [0.05, 0.1) is 7.11 Å². The Morgan fingerprint density at radius 2 is 1.68 bits per heavy atom. The Hall–Kier alpha value is -0.860. The summed E-state index contributed by atoms with van der Waals surface area (Å²) in [6.45, 7) is 2.18. The van der Waals surface area contributed by atoms with Crippen LogP contribution in [0.25, 0.3) is 0 Å². The molecule has 0 N–H and O–H groups in total. The summed E-state index contributed by atoms with van der Waals surface area (Å²) < 4.78 is 18.1. The molecule has 0 amide bonds. The highest BCUT2D eigenvalue weighted by Crippen LogP contribution is 2.12. The van der Waals surface area contributed by atoms with Crippen molar-refractivity contribution < 1.29 is 13.9 Å². The molecule has 0 unspecified atom stereocenters. The molecule has 0 heterocycles. The maximum Gasteiger partial charge on any atom is 0.305 e. The van der Waals surface area contributed by atoms with Gasteiger partial charge in [-0.05, 0) is 32.1 Å². The topological polar surface area (TPSA) is 26.3 Å². The van der Waals surface area contributed by atoms with E-state index in [2.05, 4.69) is 17.7 Å². The largest absolute Gasteiger partial charge is 0.469 e. The van der Waals surface area contributed by atoms with Crippen molar-refractivity contribution in [3.8, 4) is 0 Å². The predicted octanol–water partition coefficient (Wildman–Crippen LogP) is 6.14. The summed E-state index contributed by atoms with van der Waals surface area (Å²) in [5.74, 6) is -0.113. The molecule has 0 bridgehead atoms. The Balaban J connectivity index is 3.28. The van der Waals surface area contributed by atoms with E-state index in [4.69, 9.17) is 0 Å². The molecule has 2 nitrogen and oxygen atoms in total. The maximum absolute atomic E-state index is 13.6. The number of allylic oxidation sites excluding steroid dienone is 2. The van der Waals surface area contributed by atoms with Crippen LogP contribution in [0.5, 0.6) is 0 Å². The molecule has 0 aliphatic rings. The van der Waals surface area contributed by atoms with E-state index < -0.39 is 6.17 Å². The second-order valence-corrected chi connectivity index (χ2v) is 6.04. The third-order valence-corrected chi connectivity index (χ3v) is 3.91. The summed E-state index contributed by atoms with van der Waals surface area (Å²) in [4.78, 5) is 10.9. The van der Waals surface area contributed by atoms with E-state index in [1.165, 1.54) is 26.4 Å². The third kappa shape index (κ3) is 15.5. The fraction of sp³-hybridized carbons (Fsp3) is 0.842. The van der Waals surface area contributed by atoms with Crippen LogP contribution >= 0.6 is 0 Å². The van der Waals surface area contributed by atoms with Crippen LogP contribution in [-0.2, 0) is 9.53 Å². The van der Waals surface area contributed by atoms with Crippen molar-refractivity contribution in [2.75, 3.05) is 7.11 Å². The van der Waals surface area contributed by atoms with Crippen LogP contribution in [0.3, 0.4) is 0 Å². The number of carbonyl (C=O) groups excluding carboxylic acids is 1. The molecule has 0 aliphatic carbocycles. The van der Waals surface area contributed by atoms with E-state index in [1.54, 1.807) is 0 Å². The first-order chi connectivity index (χ1) is 10.7. The standard InChI is InChI=1S/C19H35FO2/c1-3-4-5-12-15-18(20)16-13-10-8-6-7-9-11-14-17-19(21)22-2/h10,13,18H,3-9,11-12,14-17H2,1-2H3/b13-10-/t18-/m0/s1. The molecule has 130 valence electrons. The van der Waals surface area contributed by atoms with Gasteiger partial charge in [-0.1, -0.05) is 64.0 Å². The summed E-state index contributed by atoms with van der Waals surface area (Å²) in [7, 11) is 1.43. The highest BCUT2D eigenvalue weighted by Gasteiger charge is 2.03. The Morgan fingerprint density at radius 1 is 1.00 bits per heavy atom. The molecular formula is C19H35FO2. The number of rotatable bonds is 15. The average molecular weight is 314 g/mol. The number of unbranched alkanes of at least 4 members (excludes halogenated alkanes) is 8. The van der Waals surface area contributed by atoms with Crippen LogP contribution in [0.1, 0.15) is 90.4 Å². The zero-order valence-electron chi connectivity index (χ0n) is 14.6. The van der Waals surface area contributed by atoms with Crippen molar-refractivity contribution in [2.45, 2.75) is 96.6 Å². The first-order valence-electron chi connectivity index (χ1n) is 9.06. The molecule has 0 aliphatic heterocycles. The van der Waals surface area contributed by atoms with E-state index in [-0.39, 0.29) is 5.97 Å². The molecule has 0 saturated carbocycles. The van der Waals surface area contributed by atoms with Crippen LogP contribution in [0, 0.1) is 0 Å². The van der Waals surface area contributed by atoms with Crippen molar-refractivity contribution in [3.63, 3.8) is 0 Å². The van der Waals surface area contributed by atoms with Crippen molar-refractivity contribution >= 4 is 5.97 Å². The van der Waals surface area contributed by atoms with Gasteiger partial charge < -0.3 is 4.74 Å². The van der Waals surface area contributed by atoms with Gasteiger partial charge in [0, 0.05) is 6.42 Å². The minimum Gasteiger partial charge on any atom is -0.469 e. The zero-order valence-corrected chi connectivity index (χ0v) is 14.6. The van der Waals surface area contributed by atoms with Crippen molar-refractivity contribution in [2.24, 2.45) is 0 Å². The zero-order chi connectivity index (χ0) is 16.5. The fourth-order valence-corrected chi connectivity index (χ4v) is 2.44. The van der Waals surface area contributed by atoms with Gasteiger partial charge in [-0.2, -0.15) is 0 Å². The van der Waals surface area contributed by atoms with Crippen LogP contribution in [0.15, 0.2) is 12.2 Å². The maximum atomic E-state index is 13.6. The lowest BCUT2D eigenvalue weighted by molar-refractivity contribution is -0.140. The van der Waals surface area contributed by atoms with Gasteiger partial charge in [-0.15, -0.1) is 0 Å². The van der Waals surface area contributed by atoms with Gasteiger partial charge in [-0.3, -0.25) is 4.79 Å². The lowest BCUT2D eigenvalue weighted by atomic mass is 10.1. The summed E-state index contributed by atoms with van der Waals surface area (Å²) in [6, 6.07) is 0. The minimum atomic E-state index is -0.661. The molecule has 0 radical (unpaired) electrons. The van der Waals surface area contributed by atoms with E-state index in [0.29, 0.717) is 19.3 Å². The van der Waals surface area contributed by atoms with Crippen LogP contribution in [-0.4, -0.2) is 19.3 Å². The lowest BCUT2D eigenvalue weighted by Gasteiger charge is -2.04. The quantitative estimate of drug-likeness (QED) is 0.206. The van der Waals surface area contributed by atoms with Crippen LogP contribution < -0.4 is 0 Å². The number of alkyl halides is 1. The van der Waals surface area contributed by atoms with Gasteiger partial charge in [-0.25, -0.2) is 4.39 Å². The smallest absolute Gasteiger partial charge is 0.305 e. The molecule has 0 aromatic carbocycles. The summed E-state index contributed by atoms with van der Waals surface area (Å²) in [5.41, 5.74) is 0. The van der Waals surface area contributed by atoms with Gasteiger partial charge in [0.2, 0.25) is 0 Å². The average Bonchev–Trinajstić information content (AvgIpc) is 2.53. The molecule has 0 fully saturated rings. The van der Waals surface area contributed by atoms with Gasteiger partial charge in [0.25, 0.3) is 0 Å². The number of carbonyl (C=O) groups is 1. The highest BCUT2D eigenvalue weighted by atomic mass is 19.1. The van der Waals surface area contributed by atoms with E-state index in [1.807, 2.05) is 6.08 Å². The second kappa shape index (κ2) is 16.5. The fourth-order valence-electron chi connectivity index (χ4n) is 2.44. The SMILES string of the molecule is CCCCCC[C@H](F)C/C=C\CCCCCCCC(=O)OC. The van der Waals surface area contributed by atoms with Crippen LogP contribution in [0.2, 0.25) is 0 Å². The van der Waals surface area contributed by atoms with Gasteiger partial charge in [0.1, 0.15) is 6.17 Å². The number of hydrogen-bond acceptors (Lipinski definition) is 2. The minimum absolute atomic E-state index is 0.113. The lowest BCUT2D eigenvalue weighted by Crippen LogP contribution is -1.99. The number of halogens is 1. The van der Waals surface area contributed by atoms with Gasteiger partial charge in [0.15, 0.2) is 0 Å². The number of ether oxygens (including phenoxy) is 1. The van der Waals surface area contributed by atoms with Crippen molar-refractivity contribution in [3.05, 3.63) is 12.2 Å². The molecule has 0 rings (SSSR count). The first kappa shape index (κ1) is 21.1. The molecule has 22 heavy (non-hydrogen) atoms. The summed E-state index contributed by atoms with van der Waals surface area (Å²) >= 11 is 0. The monoisotopic (exact) mass is 314 g/mol. The molecule has 3 heteroatoms. The molecule has 0 saturated heterocycles. The number of hydrogen-bond donors (Lipinski definition) is 0. The molecule has 0 aromatic heterocycles. The Labute approximate surface area is 136 Å². The number of methoxy groups -OCH3 is 1. The van der Waals surface area contributed by atoms with Crippen molar-refractivity contribution in [1.82, 2.24) is 0 Å². The highest BCUT2D eigenvalue weighted by molar-refractivity contribution is 5.68.